The first-order valence-corrected chi connectivity index (χ1v) is 4.55. The molecule has 13 heavy (non-hydrogen) atoms. The second kappa shape index (κ2) is 11.8. The lowest BCUT2D eigenvalue weighted by molar-refractivity contribution is -0.0370. The van der Waals surface area contributed by atoms with Gasteiger partial charge in [0.15, 0.2) is 0 Å². The summed E-state index contributed by atoms with van der Waals surface area (Å²) >= 11 is 0. The number of ether oxygens (including phenoxy) is 4. The van der Waals surface area contributed by atoms with E-state index in [1.54, 1.807) is 14.2 Å². The van der Waals surface area contributed by atoms with Crippen LogP contribution in [0.1, 0.15) is 12.8 Å². The van der Waals surface area contributed by atoms with Gasteiger partial charge >= 0.3 is 0 Å². The van der Waals surface area contributed by atoms with Gasteiger partial charge in [0, 0.05) is 34.0 Å². The largest absolute Gasteiger partial charge is 0.385 e. The summed E-state index contributed by atoms with van der Waals surface area (Å²) in [5.41, 5.74) is 0. The lowest BCUT2D eigenvalue weighted by atomic mass is 10.4. The lowest BCUT2D eigenvalue weighted by Gasteiger charge is -2.04. The summed E-state index contributed by atoms with van der Waals surface area (Å²) < 4.78 is 20.0. The van der Waals surface area contributed by atoms with Gasteiger partial charge in [-0.2, -0.15) is 0 Å². The van der Waals surface area contributed by atoms with Gasteiger partial charge in [-0.25, -0.2) is 0 Å². The Morgan fingerprint density at radius 2 is 1.31 bits per heavy atom. The molecule has 4 nitrogen and oxygen atoms in total. The van der Waals surface area contributed by atoms with E-state index in [9.17, 15) is 0 Å². The molecule has 0 saturated carbocycles. The van der Waals surface area contributed by atoms with Crippen molar-refractivity contribution in [1.29, 1.82) is 0 Å². The van der Waals surface area contributed by atoms with Crippen molar-refractivity contribution in [2.75, 3.05) is 47.4 Å². The Balaban J connectivity index is 2.76. The van der Waals surface area contributed by atoms with Crippen LogP contribution in [0.15, 0.2) is 0 Å². The molecule has 0 atom stereocenters. The summed E-state index contributed by atoms with van der Waals surface area (Å²) in [7, 11) is 3.31. The van der Waals surface area contributed by atoms with Gasteiger partial charge in [-0.15, -0.1) is 0 Å². The average Bonchev–Trinajstić information content (AvgIpc) is 2.16. The van der Waals surface area contributed by atoms with E-state index in [1.165, 1.54) is 0 Å². The molecule has 0 rings (SSSR count). The van der Waals surface area contributed by atoms with Gasteiger partial charge < -0.3 is 18.9 Å². The van der Waals surface area contributed by atoms with Crippen molar-refractivity contribution in [1.82, 2.24) is 0 Å². The number of methoxy groups -OCH3 is 2. The molecule has 0 N–H and O–H groups in total. The van der Waals surface area contributed by atoms with Gasteiger partial charge in [-0.3, -0.25) is 0 Å². The first-order valence-electron chi connectivity index (χ1n) is 4.55. The van der Waals surface area contributed by atoms with Crippen LogP contribution in [0, 0.1) is 0 Å². The predicted octanol–water partition coefficient (Wildman–Crippen LogP) is 1.05. The molecule has 0 heterocycles. The SMILES string of the molecule is COCCCOCCCOCOC. The molecule has 0 amide bonds. The van der Waals surface area contributed by atoms with Crippen molar-refractivity contribution in [2.45, 2.75) is 12.8 Å². The highest BCUT2D eigenvalue weighted by Gasteiger charge is 1.90. The summed E-state index contributed by atoms with van der Waals surface area (Å²) in [5.74, 6) is 0. The van der Waals surface area contributed by atoms with Crippen LogP contribution in [-0.4, -0.2) is 47.4 Å². The van der Waals surface area contributed by atoms with Crippen molar-refractivity contribution >= 4 is 0 Å². The molecule has 0 radical (unpaired) electrons. The van der Waals surface area contributed by atoms with E-state index in [0.29, 0.717) is 13.4 Å². The summed E-state index contributed by atoms with van der Waals surface area (Å²) in [5, 5.41) is 0. The van der Waals surface area contributed by atoms with E-state index in [0.717, 1.165) is 32.7 Å². The van der Waals surface area contributed by atoms with Gasteiger partial charge in [0.25, 0.3) is 0 Å². The Bertz CT molecular complexity index is 77.7. The highest BCUT2D eigenvalue weighted by molar-refractivity contribution is 4.36. The highest BCUT2D eigenvalue weighted by atomic mass is 16.7. The third kappa shape index (κ3) is 11.8. The molecule has 0 spiro atoms. The molecule has 0 aromatic rings. The molecule has 0 fully saturated rings. The van der Waals surface area contributed by atoms with Crippen LogP contribution in [0.4, 0.5) is 0 Å². The zero-order chi connectivity index (χ0) is 9.78. The topological polar surface area (TPSA) is 36.9 Å². The molecule has 4 heteroatoms. The molecule has 0 aromatic heterocycles. The first kappa shape index (κ1) is 12.8. The summed E-state index contributed by atoms with van der Waals surface area (Å²) in [4.78, 5) is 0. The second-order valence-electron chi connectivity index (χ2n) is 2.63. The smallest absolute Gasteiger partial charge is 0.146 e. The zero-order valence-corrected chi connectivity index (χ0v) is 8.58. The maximum Gasteiger partial charge on any atom is 0.146 e. The maximum absolute atomic E-state index is 5.32. The normalized spacial score (nSPS) is 10.6. The van der Waals surface area contributed by atoms with Crippen LogP contribution >= 0.6 is 0 Å². The van der Waals surface area contributed by atoms with Crippen LogP contribution in [0.3, 0.4) is 0 Å². The minimum Gasteiger partial charge on any atom is -0.385 e. The van der Waals surface area contributed by atoms with Crippen LogP contribution in [-0.2, 0) is 18.9 Å². The Hall–Kier alpha value is -0.160. The highest BCUT2D eigenvalue weighted by Crippen LogP contribution is 1.88. The van der Waals surface area contributed by atoms with E-state index < -0.39 is 0 Å². The van der Waals surface area contributed by atoms with Crippen molar-refractivity contribution in [3.05, 3.63) is 0 Å². The molecule has 80 valence electrons. The van der Waals surface area contributed by atoms with Crippen molar-refractivity contribution in [2.24, 2.45) is 0 Å². The Labute approximate surface area is 80.1 Å². The molecule has 0 bridgehead atoms. The third-order valence-corrected chi connectivity index (χ3v) is 1.42. The summed E-state index contributed by atoms with van der Waals surface area (Å²) in [6.07, 6.45) is 1.87. The van der Waals surface area contributed by atoms with Crippen LogP contribution in [0.2, 0.25) is 0 Å². The average molecular weight is 192 g/mol. The fourth-order valence-corrected chi connectivity index (χ4v) is 0.813. The minimum atomic E-state index is 0.365. The number of hydrogen-bond acceptors (Lipinski definition) is 4. The van der Waals surface area contributed by atoms with Gasteiger partial charge in [0.2, 0.25) is 0 Å². The molecule has 0 aliphatic rings. The second-order valence-corrected chi connectivity index (χ2v) is 2.63. The summed E-state index contributed by atoms with van der Waals surface area (Å²) in [6, 6.07) is 0. The van der Waals surface area contributed by atoms with E-state index in [1.807, 2.05) is 0 Å². The molecule has 0 saturated heterocycles. The lowest BCUT2D eigenvalue weighted by Crippen LogP contribution is -2.04. The molecule has 0 aliphatic heterocycles. The van der Waals surface area contributed by atoms with Crippen LogP contribution in [0.5, 0.6) is 0 Å². The van der Waals surface area contributed by atoms with Gasteiger partial charge in [0.1, 0.15) is 6.79 Å². The Morgan fingerprint density at radius 1 is 0.692 bits per heavy atom. The third-order valence-electron chi connectivity index (χ3n) is 1.42. The van der Waals surface area contributed by atoms with Gasteiger partial charge in [0.05, 0.1) is 6.61 Å². The summed E-state index contributed by atoms with van der Waals surface area (Å²) in [6.45, 7) is 3.33. The Kier molecular flexibility index (Phi) is 11.7. The van der Waals surface area contributed by atoms with Crippen molar-refractivity contribution in [3.63, 3.8) is 0 Å². The van der Waals surface area contributed by atoms with Gasteiger partial charge in [-0.1, -0.05) is 0 Å². The van der Waals surface area contributed by atoms with E-state index in [2.05, 4.69) is 0 Å². The molecule has 0 aliphatic carbocycles. The molecule has 0 unspecified atom stereocenters. The van der Waals surface area contributed by atoms with Gasteiger partial charge in [-0.05, 0) is 12.8 Å². The maximum atomic E-state index is 5.32. The molecule has 0 aromatic carbocycles. The fourth-order valence-electron chi connectivity index (χ4n) is 0.813. The minimum absolute atomic E-state index is 0.365. The van der Waals surface area contributed by atoms with E-state index in [-0.39, 0.29) is 0 Å². The Morgan fingerprint density at radius 3 is 1.92 bits per heavy atom. The standard InChI is InChI=1S/C9H20O4/c1-10-5-3-6-12-7-4-8-13-9-11-2/h3-9H2,1-2H3. The predicted molar refractivity (Wildman–Crippen MR) is 49.8 cm³/mol. The van der Waals surface area contributed by atoms with Crippen LogP contribution in [0.25, 0.3) is 0 Å². The molecular weight excluding hydrogens is 172 g/mol. The quantitative estimate of drug-likeness (QED) is 0.383. The van der Waals surface area contributed by atoms with E-state index >= 15 is 0 Å². The van der Waals surface area contributed by atoms with Crippen molar-refractivity contribution in [3.8, 4) is 0 Å². The van der Waals surface area contributed by atoms with Crippen molar-refractivity contribution < 1.29 is 18.9 Å². The monoisotopic (exact) mass is 192 g/mol. The fraction of sp³-hybridized carbons (Fsp3) is 1.00. The molecular formula is C9H20O4. The zero-order valence-electron chi connectivity index (χ0n) is 8.58. The first-order chi connectivity index (χ1) is 6.41. The number of rotatable bonds is 10. The number of hydrogen-bond donors (Lipinski definition) is 0. The van der Waals surface area contributed by atoms with E-state index in [4.69, 9.17) is 18.9 Å². The van der Waals surface area contributed by atoms with Crippen LogP contribution < -0.4 is 0 Å².